The molecule has 0 unspecified atom stereocenters. The first-order chi connectivity index (χ1) is 16.9. The van der Waals surface area contributed by atoms with Crippen LogP contribution in [0.25, 0.3) is 0 Å². The van der Waals surface area contributed by atoms with E-state index in [1.54, 1.807) is 6.07 Å². The van der Waals surface area contributed by atoms with Crippen molar-refractivity contribution < 1.29 is 27.5 Å². The summed E-state index contributed by atoms with van der Waals surface area (Å²) in [6.45, 7) is 6.06. The van der Waals surface area contributed by atoms with E-state index in [9.17, 15) is 18.0 Å². The van der Waals surface area contributed by atoms with Crippen LogP contribution in [0.4, 0.5) is 0 Å². The molecule has 8 heteroatoms. The molecule has 0 heterocycles. The Kier molecular flexibility index (Phi) is 6.03. The SMILES string of the molecule is CC(=O)Oc1ccc2c(c1)CC[C@@]1(C)[C@@H]3CC[C@H](OC(=O)c4cccc(S(N)(=O)=O)c4)[C@@]3(C)CC[C@H]21. The van der Waals surface area contributed by atoms with E-state index in [0.29, 0.717) is 17.6 Å². The van der Waals surface area contributed by atoms with Gasteiger partial charge in [0.1, 0.15) is 11.9 Å². The van der Waals surface area contributed by atoms with E-state index in [2.05, 4.69) is 19.9 Å². The van der Waals surface area contributed by atoms with Gasteiger partial charge in [-0.3, -0.25) is 4.79 Å². The molecule has 2 aromatic rings. The van der Waals surface area contributed by atoms with Gasteiger partial charge in [0.25, 0.3) is 0 Å². The minimum absolute atomic E-state index is 0.0810. The van der Waals surface area contributed by atoms with Crippen molar-refractivity contribution in [2.75, 3.05) is 0 Å². The van der Waals surface area contributed by atoms with Crippen LogP contribution in [0.2, 0.25) is 0 Å². The second-order valence-electron chi connectivity index (χ2n) is 11.2. The molecule has 36 heavy (non-hydrogen) atoms. The van der Waals surface area contributed by atoms with Gasteiger partial charge >= 0.3 is 11.9 Å². The molecular formula is C28H33NO6S. The highest BCUT2D eigenvalue weighted by atomic mass is 32.2. The van der Waals surface area contributed by atoms with Crippen molar-refractivity contribution in [1.29, 1.82) is 0 Å². The maximum absolute atomic E-state index is 13.0. The third-order valence-electron chi connectivity index (χ3n) is 9.14. The molecule has 0 saturated heterocycles. The van der Waals surface area contributed by atoms with Crippen molar-refractivity contribution in [1.82, 2.24) is 0 Å². The third-order valence-corrected chi connectivity index (χ3v) is 10.1. The van der Waals surface area contributed by atoms with Crippen LogP contribution in [0, 0.1) is 16.7 Å². The van der Waals surface area contributed by atoms with Crippen LogP contribution in [0.1, 0.15) is 80.3 Å². The number of ether oxygens (including phenoxy) is 2. The second-order valence-corrected chi connectivity index (χ2v) is 12.7. The van der Waals surface area contributed by atoms with Crippen LogP contribution >= 0.6 is 0 Å². The molecule has 2 fully saturated rings. The van der Waals surface area contributed by atoms with E-state index >= 15 is 0 Å². The number of hydrogen-bond donors (Lipinski definition) is 1. The van der Waals surface area contributed by atoms with Gasteiger partial charge in [-0.05, 0) is 97.2 Å². The lowest BCUT2D eigenvalue weighted by molar-refractivity contribution is -0.131. The van der Waals surface area contributed by atoms with Crippen molar-refractivity contribution in [2.45, 2.75) is 76.2 Å². The standard InChI is InChI=1S/C28H33NO6S/c1-17(30)34-20-7-8-22-18(15-20)11-13-27(2)23(22)12-14-28(3)24(27)9-10-25(28)35-26(31)19-5-4-6-21(16-19)36(29,32)33/h4-8,15-16,23-25H,9-14H2,1-3H3,(H2,29,32,33)/t23-,24+,25+,27-,28+/m1/s1. The number of esters is 2. The number of rotatable bonds is 4. The van der Waals surface area contributed by atoms with Crippen molar-refractivity contribution >= 4 is 22.0 Å². The van der Waals surface area contributed by atoms with E-state index in [-0.39, 0.29) is 33.4 Å². The van der Waals surface area contributed by atoms with Gasteiger partial charge in [-0.1, -0.05) is 26.0 Å². The van der Waals surface area contributed by atoms with Gasteiger partial charge in [0, 0.05) is 12.3 Å². The van der Waals surface area contributed by atoms with E-state index < -0.39 is 16.0 Å². The van der Waals surface area contributed by atoms with Crippen molar-refractivity contribution in [3.8, 4) is 5.75 Å². The zero-order chi connectivity index (χ0) is 25.9. The van der Waals surface area contributed by atoms with Gasteiger partial charge in [-0.15, -0.1) is 0 Å². The smallest absolute Gasteiger partial charge is 0.338 e. The summed E-state index contributed by atoms with van der Waals surface area (Å²) in [4.78, 5) is 24.3. The number of hydrogen-bond acceptors (Lipinski definition) is 6. The largest absolute Gasteiger partial charge is 0.458 e. The zero-order valence-corrected chi connectivity index (χ0v) is 21.8. The topological polar surface area (TPSA) is 113 Å². The first kappa shape index (κ1) is 25.0. The normalized spacial score (nSPS) is 31.1. The molecule has 0 aliphatic heterocycles. The zero-order valence-electron chi connectivity index (χ0n) is 21.0. The van der Waals surface area contributed by atoms with Gasteiger partial charge in [0.15, 0.2) is 0 Å². The maximum atomic E-state index is 13.0. The average molecular weight is 512 g/mol. The predicted octanol–water partition coefficient (Wildman–Crippen LogP) is 4.73. The van der Waals surface area contributed by atoms with E-state index in [1.807, 2.05) is 12.1 Å². The Bertz CT molecular complexity index is 1340. The van der Waals surface area contributed by atoms with Gasteiger partial charge in [-0.25, -0.2) is 18.4 Å². The number of aryl methyl sites for hydroxylation is 1. The molecule has 192 valence electrons. The van der Waals surface area contributed by atoms with Crippen LogP contribution in [-0.4, -0.2) is 26.5 Å². The van der Waals surface area contributed by atoms with Crippen molar-refractivity contribution in [2.24, 2.45) is 21.9 Å². The number of sulfonamides is 1. The number of primary sulfonamides is 1. The molecule has 2 N–H and O–H groups in total. The lowest BCUT2D eigenvalue weighted by atomic mass is 9.48. The molecule has 0 bridgehead atoms. The molecular weight excluding hydrogens is 478 g/mol. The molecule has 3 aliphatic rings. The fourth-order valence-electron chi connectivity index (χ4n) is 7.47. The van der Waals surface area contributed by atoms with Crippen LogP contribution in [0.3, 0.4) is 0 Å². The highest BCUT2D eigenvalue weighted by Gasteiger charge is 2.61. The van der Waals surface area contributed by atoms with Crippen molar-refractivity contribution in [3.63, 3.8) is 0 Å². The number of carbonyl (C=O) groups is 2. The number of fused-ring (bicyclic) bond motifs is 5. The lowest BCUT2D eigenvalue weighted by Crippen LogP contribution is -2.50. The summed E-state index contributed by atoms with van der Waals surface area (Å²) in [5, 5.41) is 5.24. The lowest BCUT2D eigenvalue weighted by Gasteiger charge is -2.57. The summed E-state index contributed by atoms with van der Waals surface area (Å²) in [5.41, 5.74) is 2.74. The highest BCUT2D eigenvalue weighted by Crippen LogP contribution is 2.67. The Hall–Kier alpha value is -2.71. The van der Waals surface area contributed by atoms with Crippen LogP contribution in [0.5, 0.6) is 5.75 Å². The Morgan fingerprint density at radius 2 is 1.78 bits per heavy atom. The first-order valence-electron chi connectivity index (χ1n) is 12.6. The Labute approximate surface area is 212 Å². The molecule has 3 aliphatic carbocycles. The van der Waals surface area contributed by atoms with E-state index in [1.165, 1.54) is 36.2 Å². The fourth-order valence-corrected chi connectivity index (χ4v) is 8.03. The highest BCUT2D eigenvalue weighted by molar-refractivity contribution is 7.89. The first-order valence-corrected chi connectivity index (χ1v) is 14.1. The molecule has 7 nitrogen and oxygen atoms in total. The third kappa shape index (κ3) is 4.14. The van der Waals surface area contributed by atoms with Gasteiger partial charge in [-0.2, -0.15) is 0 Å². The van der Waals surface area contributed by atoms with Crippen molar-refractivity contribution in [3.05, 3.63) is 59.2 Å². The minimum Gasteiger partial charge on any atom is -0.458 e. The summed E-state index contributed by atoms with van der Waals surface area (Å²) in [6.07, 6.45) is 5.46. The summed E-state index contributed by atoms with van der Waals surface area (Å²) in [6, 6.07) is 11.8. The predicted molar refractivity (Wildman–Crippen MR) is 134 cm³/mol. The maximum Gasteiger partial charge on any atom is 0.338 e. The molecule has 5 atom stereocenters. The summed E-state index contributed by atoms with van der Waals surface area (Å²) < 4.78 is 34.8. The summed E-state index contributed by atoms with van der Waals surface area (Å²) in [5.74, 6) is 0.591. The molecule has 0 amide bonds. The van der Waals surface area contributed by atoms with Crippen LogP contribution in [-0.2, 0) is 26.0 Å². The molecule has 0 aromatic heterocycles. The van der Waals surface area contributed by atoms with E-state index in [0.717, 1.165) is 38.5 Å². The monoisotopic (exact) mass is 511 g/mol. The number of nitrogens with two attached hydrogens (primary N) is 1. The summed E-state index contributed by atoms with van der Waals surface area (Å²) >= 11 is 0. The molecule has 0 radical (unpaired) electrons. The molecule has 0 spiro atoms. The van der Waals surface area contributed by atoms with Crippen LogP contribution in [0.15, 0.2) is 47.4 Å². The minimum atomic E-state index is -3.90. The van der Waals surface area contributed by atoms with E-state index in [4.69, 9.17) is 14.6 Å². The van der Waals surface area contributed by atoms with Gasteiger partial charge < -0.3 is 9.47 Å². The van der Waals surface area contributed by atoms with Gasteiger partial charge in [0.2, 0.25) is 10.0 Å². The van der Waals surface area contributed by atoms with Crippen LogP contribution < -0.4 is 9.88 Å². The number of carbonyl (C=O) groups excluding carboxylic acids is 2. The summed E-state index contributed by atoms with van der Waals surface area (Å²) in [7, 11) is -3.90. The Morgan fingerprint density at radius 3 is 2.50 bits per heavy atom. The fraction of sp³-hybridized carbons (Fsp3) is 0.500. The number of benzene rings is 2. The van der Waals surface area contributed by atoms with Gasteiger partial charge in [0.05, 0.1) is 10.5 Å². The molecule has 5 rings (SSSR count). The quantitative estimate of drug-likeness (QED) is 0.469. The Morgan fingerprint density at radius 1 is 1.00 bits per heavy atom. The Balaban J connectivity index is 1.37. The molecule has 2 saturated carbocycles. The molecule has 2 aromatic carbocycles. The second kappa shape index (κ2) is 8.70. The average Bonchev–Trinajstić information content (AvgIpc) is 3.15.